The average molecular weight is 281 g/mol. The lowest BCUT2D eigenvalue weighted by atomic mass is 10.0. The van der Waals surface area contributed by atoms with E-state index in [-0.39, 0.29) is 0 Å². The molecule has 0 spiro atoms. The van der Waals surface area contributed by atoms with E-state index >= 15 is 0 Å². The lowest BCUT2D eigenvalue weighted by Crippen LogP contribution is -2.40. The number of hydrogen-bond acceptors (Lipinski definition) is 5. The summed E-state index contributed by atoms with van der Waals surface area (Å²) in [7, 11) is 2.16. The fraction of sp³-hybridized carbons (Fsp3) is 0.800. The van der Waals surface area contributed by atoms with Gasteiger partial charge in [-0.2, -0.15) is 4.98 Å². The van der Waals surface area contributed by atoms with Gasteiger partial charge < -0.3 is 19.4 Å². The van der Waals surface area contributed by atoms with Crippen LogP contribution in [0, 0.1) is 5.92 Å². The minimum absolute atomic E-state index is 0.394. The van der Waals surface area contributed by atoms with Crippen LogP contribution >= 0.6 is 0 Å². The van der Waals surface area contributed by atoms with Crippen molar-refractivity contribution in [1.82, 2.24) is 15.2 Å². The number of piperidine rings is 1. The van der Waals surface area contributed by atoms with Gasteiger partial charge in [0.1, 0.15) is 12.9 Å². The molecule has 2 heterocycles. The Balaban J connectivity index is 1.72. The Morgan fingerprint density at radius 3 is 3.10 bits per heavy atom. The Bertz CT molecular complexity index is 392. The van der Waals surface area contributed by atoms with Crippen molar-refractivity contribution in [1.29, 1.82) is 0 Å². The minimum Gasteiger partial charge on any atom is -0.449 e. The van der Waals surface area contributed by atoms with Crippen molar-refractivity contribution in [3.8, 4) is 6.08 Å². The molecule has 0 amide bonds. The molecule has 20 heavy (non-hydrogen) atoms. The van der Waals surface area contributed by atoms with Gasteiger partial charge in [-0.15, -0.1) is 0 Å². The number of likely N-dealkylation sites (N-methyl/N-ethyl adjacent to an activating group) is 1. The number of hydrogen-bond donors (Lipinski definition) is 1. The van der Waals surface area contributed by atoms with Crippen molar-refractivity contribution in [3.05, 3.63) is 12.0 Å². The van der Waals surface area contributed by atoms with Crippen LogP contribution in [0.4, 0.5) is 0 Å². The topological polar surface area (TPSA) is 50.5 Å². The lowest BCUT2D eigenvalue weighted by Gasteiger charge is -2.31. The van der Waals surface area contributed by atoms with Gasteiger partial charge in [0.15, 0.2) is 0 Å². The second-order valence-corrected chi connectivity index (χ2v) is 6.07. The molecule has 1 atom stereocenters. The van der Waals surface area contributed by atoms with Gasteiger partial charge in [-0.25, -0.2) is 0 Å². The highest BCUT2D eigenvalue weighted by molar-refractivity contribution is 4.99. The van der Waals surface area contributed by atoms with E-state index < -0.39 is 0 Å². The fourth-order valence-corrected chi connectivity index (χ4v) is 2.45. The Morgan fingerprint density at radius 2 is 2.35 bits per heavy atom. The third-order valence-electron chi connectivity index (χ3n) is 3.71. The number of ether oxygens (including phenoxy) is 1. The smallest absolute Gasteiger partial charge is 0.393 e. The number of nitrogens with one attached hydrogen (secondary N) is 1. The monoisotopic (exact) mass is 281 g/mol. The van der Waals surface area contributed by atoms with Gasteiger partial charge in [-0.1, -0.05) is 20.3 Å². The van der Waals surface area contributed by atoms with E-state index in [4.69, 9.17) is 9.15 Å². The van der Waals surface area contributed by atoms with E-state index in [1.54, 1.807) is 6.26 Å². The molecule has 2 rings (SSSR count). The predicted molar refractivity (Wildman–Crippen MR) is 78.8 cm³/mol. The van der Waals surface area contributed by atoms with Crippen molar-refractivity contribution in [3.63, 3.8) is 0 Å². The van der Waals surface area contributed by atoms with E-state index in [0.29, 0.717) is 24.6 Å². The summed E-state index contributed by atoms with van der Waals surface area (Å²) >= 11 is 0. The van der Waals surface area contributed by atoms with E-state index in [1.807, 2.05) is 0 Å². The molecule has 5 nitrogen and oxygen atoms in total. The maximum absolute atomic E-state index is 5.68. The van der Waals surface area contributed by atoms with Crippen LogP contribution < -0.4 is 10.1 Å². The minimum atomic E-state index is 0.394. The van der Waals surface area contributed by atoms with Crippen molar-refractivity contribution >= 4 is 0 Å². The molecule has 0 bridgehead atoms. The quantitative estimate of drug-likeness (QED) is 0.831. The van der Waals surface area contributed by atoms with Crippen molar-refractivity contribution in [2.24, 2.45) is 5.92 Å². The summed E-state index contributed by atoms with van der Waals surface area (Å²) in [6, 6.07) is 0.484. The van der Waals surface area contributed by atoms with Crippen LogP contribution in [-0.4, -0.2) is 42.7 Å². The number of rotatable bonds is 7. The molecule has 0 aliphatic carbocycles. The van der Waals surface area contributed by atoms with E-state index in [2.05, 4.69) is 36.1 Å². The molecule has 0 radical (unpaired) electrons. The molecule has 1 aliphatic rings. The van der Waals surface area contributed by atoms with Crippen molar-refractivity contribution in [2.75, 3.05) is 26.7 Å². The van der Waals surface area contributed by atoms with Gasteiger partial charge in [0.25, 0.3) is 0 Å². The van der Waals surface area contributed by atoms with Crippen LogP contribution in [-0.2, 0) is 6.54 Å². The van der Waals surface area contributed by atoms with Crippen LogP contribution in [0.1, 0.15) is 38.8 Å². The number of aromatic nitrogens is 1. The summed E-state index contributed by atoms with van der Waals surface area (Å²) in [5, 5.41) is 3.34. The summed E-state index contributed by atoms with van der Waals surface area (Å²) in [5.41, 5.74) is 0.901. The van der Waals surface area contributed by atoms with Gasteiger partial charge in [0.05, 0.1) is 5.69 Å². The zero-order valence-corrected chi connectivity index (χ0v) is 12.9. The molecule has 1 aliphatic heterocycles. The lowest BCUT2D eigenvalue weighted by molar-refractivity contribution is 0.106. The average Bonchev–Trinajstić information content (AvgIpc) is 2.85. The van der Waals surface area contributed by atoms with Gasteiger partial charge in [-0.3, -0.25) is 0 Å². The largest absolute Gasteiger partial charge is 0.449 e. The van der Waals surface area contributed by atoms with Crippen LogP contribution in [0.15, 0.2) is 10.7 Å². The Kier molecular flexibility index (Phi) is 5.86. The third-order valence-corrected chi connectivity index (χ3v) is 3.71. The van der Waals surface area contributed by atoms with E-state index in [1.165, 1.54) is 19.3 Å². The molecule has 0 saturated carbocycles. The Morgan fingerprint density at radius 1 is 1.50 bits per heavy atom. The molecule has 0 aromatic carbocycles. The normalized spacial score (nSPS) is 20.5. The molecule has 1 fully saturated rings. The molecule has 1 unspecified atom stereocenters. The SMILES string of the molecule is CC(C)CNCc1coc(OCC2CCCCN2C)n1. The standard InChI is InChI=1S/C15H27N3O2/c1-12(2)8-16-9-13-10-19-15(17-13)20-11-14-6-4-5-7-18(14)3/h10,12,14,16H,4-9,11H2,1-3H3. The first-order valence-corrected chi connectivity index (χ1v) is 7.63. The Hall–Kier alpha value is -1.07. The molecule has 5 heteroatoms. The molecule has 1 N–H and O–H groups in total. The van der Waals surface area contributed by atoms with Gasteiger partial charge in [-0.05, 0) is 38.9 Å². The van der Waals surface area contributed by atoms with Crippen molar-refractivity contribution < 1.29 is 9.15 Å². The second kappa shape index (κ2) is 7.64. The van der Waals surface area contributed by atoms with Crippen LogP contribution in [0.5, 0.6) is 6.08 Å². The van der Waals surface area contributed by atoms with Crippen molar-refractivity contribution in [2.45, 2.75) is 45.7 Å². The molecule has 1 aromatic heterocycles. The molecule has 1 saturated heterocycles. The predicted octanol–water partition coefficient (Wildman–Crippen LogP) is 2.28. The summed E-state index contributed by atoms with van der Waals surface area (Å²) < 4.78 is 11.0. The van der Waals surface area contributed by atoms with Gasteiger partial charge in [0.2, 0.25) is 0 Å². The van der Waals surface area contributed by atoms with Crippen LogP contribution in [0.3, 0.4) is 0 Å². The number of nitrogens with zero attached hydrogens (tertiary/aromatic N) is 2. The first-order chi connectivity index (χ1) is 9.65. The second-order valence-electron chi connectivity index (χ2n) is 6.07. The third kappa shape index (κ3) is 4.80. The van der Waals surface area contributed by atoms with Gasteiger partial charge in [0, 0.05) is 12.6 Å². The van der Waals surface area contributed by atoms with E-state index in [9.17, 15) is 0 Å². The van der Waals surface area contributed by atoms with Crippen LogP contribution in [0.2, 0.25) is 0 Å². The van der Waals surface area contributed by atoms with E-state index in [0.717, 1.165) is 25.3 Å². The zero-order valence-electron chi connectivity index (χ0n) is 12.9. The molecule has 1 aromatic rings. The van der Waals surface area contributed by atoms with Crippen LogP contribution in [0.25, 0.3) is 0 Å². The molecular weight excluding hydrogens is 254 g/mol. The summed E-state index contributed by atoms with van der Waals surface area (Å²) in [6.45, 7) is 7.90. The molecular formula is C15H27N3O2. The highest BCUT2D eigenvalue weighted by Crippen LogP contribution is 2.17. The first-order valence-electron chi connectivity index (χ1n) is 7.63. The fourth-order valence-electron chi connectivity index (χ4n) is 2.45. The summed E-state index contributed by atoms with van der Waals surface area (Å²) in [4.78, 5) is 6.71. The van der Waals surface area contributed by atoms with Gasteiger partial charge >= 0.3 is 6.08 Å². The maximum atomic E-state index is 5.68. The highest BCUT2D eigenvalue weighted by Gasteiger charge is 2.20. The Labute approximate surface area is 121 Å². The number of oxazole rings is 1. The molecule has 114 valence electrons. The summed E-state index contributed by atoms with van der Waals surface area (Å²) in [5.74, 6) is 0.638. The highest BCUT2D eigenvalue weighted by atomic mass is 16.6. The number of likely N-dealkylation sites (tertiary alicyclic amines) is 1. The first kappa shape index (κ1) is 15.3. The summed E-state index contributed by atoms with van der Waals surface area (Å²) in [6.07, 6.45) is 5.84. The zero-order chi connectivity index (χ0) is 14.4. The maximum Gasteiger partial charge on any atom is 0.393 e.